The van der Waals surface area contributed by atoms with Gasteiger partial charge in [-0.25, -0.2) is 8.42 Å². The van der Waals surface area contributed by atoms with Crippen LogP contribution in [-0.2, 0) is 14.6 Å². The summed E-state index contributed by atoms with van der Waals surface area (Å²) in [5.41, 5.74) is 0.358. The second kappa shape index (κ2) is 8.13. The molecule has 0 atom stereocenters. The summed E-state index contributed by atoms with van der Waals surface area (Å²) < 4.78 is 29.7. The third-order valence-electron chi connectivity index (χ3n) is 3.28. The van der Waals surface area contributed by atoms with Crippen LogP contribution < -0.4 is 0 Å². The average molecular weight is 310 g/mol. The summed E-state index contributed by atoms with van der Waals surface area (Å²) in [6, 6.07) is 8.35. The molecule has 0 aliphatic heterocycles. The number of hydrogen-bond acceptors (Lipinski definition) is 5. The highest BCUT2D eigenvalue weighted by Gasteiger charge is 2.18. The molecule has 0 heterocycles. The summed E-state index contributed by atoms with van der Waals surface area (Å²) in [4.78, 5) is 2.27. The monoisotopic (exact) mass is 310 g/mol. The predicted molar refractivity (Wildman–Crippen MR) is 81.8 cm³/mol. The number of methoxy groups -OCH3 is 1. The van der Waals surface area contributed by atoms with Gasteiger partial charge in [-0.1, -0.05) is 6.07 Å². The van der Waals surface area contributed by atoms with Crippen molar-refractivity contribution in [3.8, 4) is 6.07 Å². The molecule has 0 N–H and O–H groups in total. The molecule has 0 aliphatic rings. The molecule has 0 saturated carbocycles. The van der Waals surface area contributed by atoms with E-state index in [-0.39, 0.29) is 16.7 Å². The Bertz CT molecular complexity index is 591. The number of rotatable bonds is 8. The van der Waals surface area contributed by atoms with Crippen molar-refractivity contribution in [2.45, 2.75) is 24.8 Å². The van der Waals surface area contributed by atoms with Gasteiger partial charge >= 0.3 is 0 Å². The van der Waals surface area contributed by atoms with E-state index in [1.54, 1.807) is 19.2 Å². The first kappa shape index (κ1) is 17.6. The summed E-state index contributed by atoms with van der Waals surface area (Å²) in [5.74, 6) is 0.0315. The summed E-state index contributed by atoms with van der Waals surface area (Å²) in [7, 11) is -1.75. The first-order valence-electron chi connectivity index (χ1n) is 6.86. The van der Waals surface area contributed by atoms with Gasteiger partial charge in [0.1, 0.15) is 0 Å². The lowest BCUT2D eigenvalue weighted by molar-refractivity contribution is 0.134. The van der Waals surface area contributed by atoms with Gasteiger partial charge in [0.25, 0.3) is 0 Å². The molecular formula is C15H22N2O3S. The molecule has 0 spiro atoms. The van der Waals surface area contributed by atoms with Gasteiger partial charge in [-0.2, -0.15) is 5.26 Å². The Balaban J connectivity index is 2.77. The average Bonchev–Trinajstić information content (AvgIpc) is 2.47. The molecule has 6 heteroatoms. The predicted octanol–water partition coefficient (Wildman–Crippen LogP) is 1.69. The zero-order valence-electron chi connectivity index (χ0n) is 12.7. The minimum absolute atomic E-state index is 0.0315. The standard InChI is InChI=1S/C15H22N2O3S/c1-13(2)17(7-9-20-3)8-10-21(18,19)15-6-4-5-14(11-15)12-16/h4-6,11,13H,7-10H2,1-3H3. The molecule has 1 rings (SSSR count). The van der Waals surface area contributed by atoms with Crippen molar-refractivity contribution >= 4 is 9.84 Å². The van der Waals surface area contributed by atoms with Crippen LogP contribution in [0.25, 0.3) is 0 Å². The number of benzene rings is 1. The van der Waals surface area contributed by atoms with E-state index in [2.05, 4.69) is 4.90 Å². The number of nitrogens with zero attached hydrogens (tertiary/aromatic N) is 2. The Kier molecular flexibility index (Phi) is 6.82. The van der Waals surface area contributed by atoms with Crippen LogP contribution in [0.15, 0.2) is 29.2 Å². The molecule has 0 amide bonds. The van der Waals surface area contributed by atoms with Crippen molar-refractivity contribution < 1.29 is 13.2 Å². The highest BCUT2D eigenvalue weighted by Crippen LogP contribution is 2.13. The normalized spacial score (nSPS) is 11.8. The number of sulfone groups is 1. The second-order valence-electron chi connectivity index (χ2n) is 5.08. The van der Waals surface area contributed by atoms with Gasteiger partial charge in [0, 0.05) is 26.2 Å². The topological polar surface area (TPSA) is 70.4 Å². The molecule has 1 aromatic carbocycles. The van der Waals surface area contributed by atoms with E-state index in [1.165, 1.54) is 12.1 Å². The Morgan fingerprint density at radius 1 is 1.33 bits per heavy atom. The van der Waals surface area contributed by atoms with E-state index >= 15 is 0 Å². The Labute approximate surface area is 127 Å². The lowest BCUT2D eigenvalue weighted by atomic mass is 10.2. The minimum Gasteiger partial charge on any atom is -0.383 e. The SMILES string of the molecule is COCCN(CCS(=O)(=O)c1cccc(C#N)c1)C(C)C. The van der Waals surface area contributed by atoms with Gasteiger partial charge < -0.3 is 4.74 Å². The molecule has 21 heavy (non-hydrogen) atoms. The Hall–Kier alpha value is -1.42. The second-order valence-corrected chi connectivity index (χ2v) is 7.19. The first-order valence-corrected chi connectivity index (χ1v) is 8.52. The van der Waals surface area contributed by atoms with Crippen molar-refractivity contribution in [3.05, 3.63) is 29.8 Å². The van der Waals surface area contributed by atoms with E-state index in [0.29, 0.717) is 25.3 Å². The van der Waals surface area contributed by atoms with Crippen LogP contribution in [0.2, 0.25) is 0 Å². The van der Waals surface area contributed by atoms with Crippen molar-refractivity contribution in [2.24, 2.45) is 0 Å². The van der Waals surface area contributed by atoms with E-state index in [4.69, 9.17) is 10.00 Å². The third kappa shape index (κ3) is 5.46. The number of hydrogen-bond donors (Lipinski definition) is 0. The van der Waals surface area contributed by atoms with E-state index < -0.39 is 9.84 Å². The fraction of sp³-hybridized carbons (Fsp3) is 0.533. The van der Waals surface area contributed by atoms with Crippen molar-refractivity contribution in [3.63, 3.8) is 0 Å². The van der Waals surface area contributed by atoms with Gasteiger partial charge in [-0.15, -0.1) is 0 Å². The van der Waals surface area contributed by atoms with Crippen molar-refractivity contribution in [2.75, 3.05) is 32.6 Å². The largest absolute Gasteiger partial charge is 0.383 e. The first-order chi connectivity index (χ1) is 9.90. The summed E-state index contributed by atoms with van der Waals surface area (Å²) in [6.07, 6.45) is 0. The van der Waals surface area contributed by atoms with Gasteiger partial charge in [0.2, 0.25) is 0 Å². The van der Waals surface area contributed by atoms with Crippen LogP contribution in [0.4, 0.5) is 0 Å². The maximum Gasteiger partial charge on any atom is 0.179 e. The Morgan fingerprint density at radius 3 is 2.62 bits per heavy atom. The summed E-state index contributed by atoms with van der Waals surface area (Å²) in [5, 5.41) is 8.85. The van der Waals surface area contributed by atoms with E-state index in [0.717, 1.165) is 0 Å². The molecule has 0 saturated heterocycles. The highest BCUT2D eigenvalue weighted by atomic mass is 32.2. The lowest BCUT2D eigenvalue weighted by Gasteiger charge is -2.25. The minimum atomic E-state index is -3.38. The zero-order chi connectivity index (χ0) is 15.9. The number of ether oxygens (including phenoxy) is 1. The molecule has 0 bridgehead atoms. The van der Waals surface area contributed by atoms with Crippen LogP contribution in [0.3, 0.4) is 0 Å². The fourth-order valence-electron chi connectivity index (χ4n) is 1.95. The van der Waals surface area contributed by atoms with Crippen LogP contribution in [0, 0.1) is 11.3 Å². The van der Waals surface area contributed by atoms with Gasteiger partial charge in [-0.05, 0) is 32.0 Å². The van der Waals surface area contributed by atoms with E-state index in [1.807, 2.05) is 19.9 Å². The van der Waals surface area contributed by atoms with Crippen LogP contribution in [0.5, 0.6) is 0 Å². The van der Waals surface area contributed by atoms with Gasteiger partial charge in [0.15, 0.2) is 9.84 Å². The molecule has 1 aromatic rings. The number of nitriles is 1. The summed E-state index contributed by atoms with van der Waals surface area (Å²) >= 11 is 0. The quantitative estimate of drug-likeness (QED) is 0.731. The molecular weight excluding hydrogens is 288 g/mol. The molecule has 0 fully saturated rings. The van der Waals surface area contributed by atoms with Crippen LogP contribution in [0.1, 0.15) is 19.4 Å². The van der Waals surface area contributed by atoms with Crippen LogP contribution in [-0.4, -0.2) is 51.9 Å². The van der Waals surface area contributed by atoms with E-state index in [9.17, 15) is 8.42 Å². The fourth-order valence-corrected chi connectivity index (χ4v) is 3.25. The maximum atomic E-state index is 12.3. The highest BCUT2D eigenvalue weighted by molar-refractivity contribution is 7.91. The maximum absolute atomic E-state index is 12.3. The summed E-state index contributed by atoms with van der Waals surface area (Å²) in [6.45, 7) is 5.77. The Morgan fingerprint density at radius 2 is 2.05 bits per heavy atom. The molecule has 0 unspecified atom stereocenters. The molecule has 0 aromatic heterocycles. The molecule has 0 radical (unpaired) electrons. The van der Waals surface area contributed by atoms with Gasteiger partial charge in [0.05, 0.1) is 28.9 Å². The van der Waals surface area contributed by atoms with Crippen molar-refractivity contribution in [1.29, 1.82) is 5.26 Å². The zero-order valence-corrected chi connectivity index (χ0v) is 13.6. The third-order valence-corrected chi connectivity index (χ3v) is 4.97. The molecule has 5 nitrogen and oxygen atoms in total. The lowest BCUT2D eigenvalue weighted by Crippen LogP contribution is -2.37. The molecule has 0 aliphatic carbocycles. The van der Waals surface area contributed by atoms with Crippen molar-refractivity contribution in [1.82, 2.24) is 4.90 Å². The van der Waals surface area contributed by atoms with Crippen LogP contribution >= 0.6 is 0 Å². The smallest absolute Gasteiger partial charge is 0.179 e. The van der Waals surface area contributed by atoms with Gasteiger partial charge in [-0.3, -0.25) is 4.90 Å². The molecule has 116 valence electrons.